The van der Waals surface area contributed by atoms with Crippen LogP contribution in [0.4, 0.5) is 8.78 Å². The number of halogens is 2. The molecule has 5 nitrogen and oxygen atoms in total. The van der Waals surface area contributed by atoms with E-state index in [0.717, 1.165) is 25.9 Å². The van der Waals surface area contributed by atoms with E-state index >= 15 is 0 Å². The molecule has 1 aliphatic rings. The molecule has 2 rings (SSSR count). The van der Waals surface area contributed by atoms with Crippen molar-refractivity contribution in [2.75, 3.05) is 27.2 Å². The van der Waals surface area contributed by atoms with E-state index in [2.05, 4.69) is 15.0 Å². The molecule has 0 saturated carbocycles. The van der Waals surface area contributed by atoms with Gasteiger partial charge in [0.25, 0.3) is 5.91 Å². The van der Waals surface area contributed by atoms with Crippen LogP contribution in [-0.4, -0.2) is 50.7 Å². The van der Waals surface area contributed by atoms with Crippen molar-refractivity contribution in [2.45, 2.75) is 25.5 Å². The van der Waals surface area contributed by atoms with Crippen molar-refractivity contribution in [3.63, 3.8) is 0 Å². The third kappa shape index (κ3) is 4.07. The summed E-state index contributed by atoms with van der Waals surface area (Å²) in [6.45, 7) is -1.24. The molecule has 122 valence electrons. The molecule has 0 aromatic heterocycles. The van der Waals surface area contributed by atoms with Gasteiger partial charge in [-0.15, -0.1) is 0 Å². The molecule has 0 bridgehead atoms. The molecule has 0 radical (unpaired) electrons. The van der Waals surface area contributed by atoms with E-state index in [-0.39, 0.29) is 23.1 Å². The summed E-state index contributed by atoms with van der Waals surface area (Å²) >= 11 is 0. The fourth-order valence-corrected chi connectivity index (χ4v) is 2.48. The van der Waals surface area contributed by atoms with E-state index in [1.807, 2.05) is 7.05 Å². The SMILES string of the molecule is COc1cccc(C(=O)NC2CCN(C)CC2)c1OC(F)F. The highest BCUT2D eigenvalue weighted by Gasteiger charge is 2.23. The third-order valence-electron chi connectivity index (χ3n) is 3.70. The van der Waals surface area contributed by atoms with Gasteiger partial charge in [-0.25, -0.2) is 0 Å². The summed E-state index contributed by atoms with van der Waals surface area (Å²) in [5, 5.41) is 2.87. The Kier molecular flexibility index (Phi) is 5.54. The molecular weight excluding hydrogens is 294 g/mol. The number of carbonyl (C=O) groups is 1. The second kappa shape index (κ2) is 7.40. The number of nitrogens with one attached hydrogen (secondary N) is 1. The van der Waals surface area contributed by atoms with Gasteiger partial charge >= 0.3 is 6.61 Å². The first kappa shape index (κ1) is 16.5. The zero-order chi connectivity index (χ0) is 16.1. The lowest BCUT2D eigenvalue weighted by Crippen LogP contribution is -2.43. The lowest BCUT2D eigenvalue weighted by atomic mass is 10.0. The van der Waals surface area contributed by atoms with Crippen LogP contribution in [0.1, 0.15) is 23.2 Å². The number of ether oxygens (including phenoxy) is 2. The average Bonchev–Trinajstić information content (AvgIpc) is 2.49. The van der Waals surface area contributed by atoms with Gasteiger partial charge in [-0.1, -0.05) is 6.07 Å². The molecule has 1 N–H and O–H groups in total. The Balaban J connectivity index is 2.14. The summed E-state index contributed by atoms with van der Waals surface area (Å²) in [5.41, 5.74) is 0.0542. The number of para-hydroxylation sites is 1. The van der Waals surface area contributed by atoms with E-state index in [0.29, 0.717) is 0 Å². The van der Waals surface area contributed by atoms with Crippen LogP contribution in [0.15, 0.2) is 18.2 Å². The van der Waals surface area contributed by atoms with Crippen molar-refractivity contribution < 1.29 is 23.0 Å². The zero-order valence-corrected chi connectivity index (χ0v) is 12.6. The number of amides is 1. The molecule has 1 aliphatic heterocycles. The van der Waals surface area contributed by atoms with E-state index in [1.165, 1.54) is 19.2 Å². The predicted molar refractivity (Wildman–Crippen MR) is 77.6 cm³/mol. The van der Waals surface area contributed by atoms with E-state index in [9.17, 15) is 13.6 Å². The van der Waals surface area contributed by atoms with E-state index < -0.39 is 12.5 Å². The van der Waals surface area contributed by atoms with E-state index in [4.69, 9.17) is 4.74 Å². The summed E-state index contributed by atoms with van der Waals surface area (Å²) in [4.78, 5) is 14.5. The molecule has 22 heavy (non-hydrogen) atoms. The fourth-order valence-electron chi connectivity index (χ4n) is 2.48. The molecule has 0 aliphatic carbocycles. The molecule has 0 unspecified atom stereocenters. The van der Waals surface area contributed by atoms with Crippen molar-refractivity contribution in [3.8, 4) is 11.5 Å². The Morgan fingerprint density at radius 3 is 2.64 bits per heavy atom. The third-order valence-corrected chi connectivity index (χ3v) is 3.70. The largest absolute Gasteiger partial charge is 0.493 e. The fraction of sp³-hybridized carbons (Fsp3) is 0.533. The average molecular weight is 314 g/mol. The minimum Gasteiger partial charge on any atom is -0.493 e. The lowest BCUT2D eigenvalue weighted by molar-refractivity contribution is -0.0515. The van der Waals surface area contributed by atoms with Crippen molar-refractivity contribution in [3.05, 3.63) is 23.8 Å². The normalized spacial score (nSPS) is 16.6. The van der Waals surface area contributed by atoms with Crippen LogP contribution < -0.4 is 14.8 Å². The van der Waals surface area contributed by atoms with Gasteiger partial charge in [-0.2, -0.15) is 8.78 Å². The summed E-state index contributed by atoms with van der Waals surface area (Å²) in [6.07, 6.45) is 1.66. The number of rotatable bonds is 5. The Hall–Kier alpha value is -1.89. The van der Waals surface area contributed by atoms with Crippen molar-refractivity contribution in [1.29, 1.82) is 0 Å². The first-order valence-electron chi connectivity index (χ1n) is 7.12. The standard InChI is InChI=1S/C15H20F2N2O3/c1-19-8-6-10(7-9-19)18-14(20)11-4-3-5-12(21-2)13(11)22-15(16)17/h3-5,10,15H,6-9H2,1-2H3,(H,18,20). The number of carbonyl (C=O) groups excluding carboxylic acids is 1. The lowest BCUT2D eigenvalue weighted by Gasteiger charge is -2.29. The molecule has 1 aromatic carbocycles. The van der Waals surface area contributed by atoms with Crippen LogP contribution in [0.3, 0.4) is 0 Å². The number of alkyl halides is 2. The molecule has 1 aromatic rings. The number of piperidine rings is 1. The molecule has 1 fully saturated rings. The van der Waals surface area contributed by atoms with Crippen LogP contribution in [-0.2, 0) is 0 Å². The number of hydrogen-bond donors (Lipinski definition) is 1. The van der Waals surface area contributed by atoms with Crippen molar-refractivity contribution in [1.82, 2.24) is 10.2 Å². The maximum Gasteiger partial charge on any atom is 0.387 e. The number of methoxy groups -OCH3 is 1. The minimum absolute atomic E-state index is 0.0364. The van der Waals surface area contributed by atoms with Crippen molar-refractivity contribution >= 4 is 5.91 Å². The highest BCUT2D eigenvalue weighted by atomic mass is 19.3. The molecule has 0 spiro atoms. The predicted octanol–water partition coefficient (Wildman–Crippen LogP) is 2.12. The van der Waals surface area contributed by atoms with Crippen LogP contribution in [0, 0.1) is 0 Å². The highest BCUT2D eigenvalue weighted by Crippen LogP contribution is 2.32. The second-order valence-corrected chi connectivity index (χ2v) is 5.27. The molecular formula is C15H20F2N2O3. The van der Waals surface area contributed by atoms with Gasteiger partial charge in [0.2, 0.25) is 0 Å². The monoisotopic (exact) mass is 314 g/mol. The van der Waals surface area contributed by atoms with Gasteiger partial charge in [0, 0.05) is 6.04 Å². The maximum atomic E-state index is 12.6. The topological polar surface area (TPSA) is 50.8 Å². The Morgan fingerprint density at radius 1 is 1.36 bits per heavy atom. The first-order chi connectivity index (χ1) is 10.5. The van der Waals surface area contributed by atoms with Gasteiger partial charge in [-0.05, 0) is 45.1 Å². The smallest absolute Gasteiger partial charge is 0.387 e. The van der Waals surface area contributed by atoms with Crippen LogP contribution >= 0.6 is 0 Å². The Bertz CT molecular complexity index is 518. The second-order valence-electron chi connectivity index (χ2n) is 5.27. The van der Waals surface area contributed by atoms with Gasteiger partial charge < -0.3 is 19.7 Å². The summed E-state index contributed by atoms with van der Waals surface area (Å²) in [5.74, 6) is -0.550. The highest BCUT2D eigenvalue weighted by molar-refractivity contribution is 5.98. The maximum absolute atomic E-state index is 12.6. The van der Waals surface area contributed by atoms with Crippen LogP contribution in [0.2, 0.25) is 0 Å². The molecule has 1 amide bonds. The molecule has 0 atom stereocenters. The van der Waals surface area contributed by atoms with Crippen molar-refractivity contribution in [2.24, 2.45) is 0 Å². The van der Waals surface area contributed by atoms with Gasteiger partial charge in [-0.3, -0.25) is 4.79 Å². The van der Waals surface area contributed by atoms with E-state index in [1.54, 1.807) is 6.07 Å². The number of likely N-dealkylation sites (tertiary alicyclic amines) is 1. The molecule has 7 heteroatoms. The Morgan fingerprint density at radius 2 is 2.05 bits per heavy atom. The summed E-state index contributed by atoms with van der Waals surface area (Å²) in [7, 11) is 3.36. The van der Waals surface area contributed by atoms with Gasteiger partial charge in [0.1, 0.15) is 0 Å². The number of benzene rings is 1. The van der Waals surface area contributed by atoms with Gasteiger partial charge in [0.05, 0.1) is 12.7 Å². The number of hydrogen-bond acceptors (Lipinski definition) is 4. The van der Waals surface area contributed by atoms with Crippen LogP contribution in [0.5, 0.6) is 11.5 Å². The minimum atomic E-state index is -3.02. The number of nitrogens with zero attached hydrogens (tertiary/aromatic N) is 1. The first-order valence-corrected chi connectivity index (χ1v) is 7.12. The molecule has 1 saturated heterocycles. The quantitative estimate of drug-likeness (QED) is 0.904. The molecule has 1 heterocycles. The zero-order valence-electron chi connectivity index (χ0n) is 12.6. The van der Waals surface area contributed by atoms with Gasteiger partial charge in [0.15, 0.2) is 11.5 Å². The summed E-state index contributed by atoms with van der Waals surface area (Å²) in [6, 6.07) is 4.53. The summed E-state index contributed by atoms with van der Waals surface area (Å²) < 4.78 is 34.6. The van der Waals surface area contributed by atoms with Crippen LogP contribution in [0.25, 0.3) is 0 Å². The Labute approximate surface area is 128 Å².